The van der Waals surface area contributed by atoms with Crippen LogP contribution in [0.1, 0.15) is 13.3 Å². The molecule has 1 aromatic carbocycles. The van der Waals surface area contributed by atoms with Gasteiger partial charge < -0.3 is 5.32 Å². The van der Waals surface area contributed by atoms with E-state index in [0.29, 0.717) is 17.2 Å². The minimum Gasteiger partial charge on any atom is -0.353 e. The van der Waals surface area contributed by atoms with Gasteiger partial charge in [0.05, 0.1) is 10.6 Å². The molecular formula is C15H24ClN3O5S3. The molecular weight excluding hydrogens is 434 g/mol. The van der Waals surface area contributed by atoms with Gasteiger partial charge in [0, 0.05) is 18.1 Å². The first kappa shape index (κ1) is 24.2. The molecule has 0 saturated heterocycles. The smallest absolute Gasteiger partial charge is 0.240 e. The van der Waals surface area contributed by atoms with E-state index in [2.05, 4.69) is 14.8 Å². The van der Waals surface area contributed by atoms with Crippen molar-refractivity contribution in [3.8, 4) is 0 Å². The number of amides is 1. The van der Waals surface area contributed by atoms with Crippen LogP contribution in [0.25, 0.3) is 0 Å². The molecule has 154 valence electrons. The Kier molecular flexibility index (Phi) is 10.1. The van der Waals surface area contributed by atoms with Gasteiger partial charge >= 0.3 is 0 Å². The molecule has 8 nitrogen and oxygen atoms in total. The van der Waals surface area contributed by atoms with Crippen LogP contribution in [0, 0.1) is 0 Å². The van der Waals surface area contributed by atoms with Crippen molar-refractivity contribution >= 4 is 49.3 Å². The van der Waals surface area contributed by atoms with Crippen molar-refractivity contribution in [1.29, 1.82) is 0 Å². The number of halogens is 1. The average Bonchev–Trinajstić information content (AvgIpc) is 2.62. The largest absolute Gasteiger partial charge is 0.353 e. The van der Waals surface area contributed by atoms with Gasteiger partial charge in [-0.15, -0.1) is 0 Å². The van der Waals surface area contributed by atoms with Crippen molar-refractivity contribution in [3.63, 3.8) is 0 Å². The maximum atomic E-state index is 12.2. The number of carbonyl (C=O) groups excluding carboxylic acids is 1. The van der Waals surface area contributed by atoms with Crippen molar-refractivity contribution in [2.24, 2.45) is 0 Å². The monoisotopic (exact) mass is 457 g/mol. The summed E-state index contributed by atoms with van der Waals surface area (Å²) in [6.07, 6.45) is 2.19. The molecule has 0 aliphatic rings. The summed E-state index contributed by atoms with van der Waals surface area (Å²) in [5.41, 5.74) is 0. The first-order valence-electron chi connectivity index (χ1n) is 8.13. The topological polar surface area (TPSA) is 121 Å². The van der Waals surface area contributed by atoms with Crippen LogP contribution < -0.4 is 14.8 Å². The van der Waals surface area contributed by atoms with E-state index in [-0.39, 0.29) is 23.7 Å². The number of thioether (sulfide) groups is 1. The van der Waals surface area contributed by atoms with Crippen LogP contribution >= 0.6 is 23.4 Å². The van der Waals surface area contributed by atoms with E-state index in [1.807, 2.05) is 6.26 Å². The summed E-state index contributed by atoms with van der Waals surface area (Å²) in [5, 5.41) is 2.84. The minimum absolute atomic E-state index is 0.0161. The molecule has 0 aliphatic carbocycles. The molecule has 0 saturated carbocycles. The third-order valence-electron chi connectivity index (χ3n) is 3.45. The number of benzene rings is 1. The summed E-state index contributed by atoms with van der Waals surface area (Å²) in [5.74, 6) is -0.0238. The molecule has 1 atom stereocenters. The molecule has 0 bridgehead atoms. The SMILES string of the molecule is CCS(=O)(=O)NC(CCSC)C(=O)NCCNS(=O)(=O)c1cccc(Cl)c1. The Morgan fingerprint density at radius 1 is 1.22 bits per heavy atom. The van der Waals surface area contributed by atoms with Gasteiger partial charge in [-0.2, -0.15) is 11.8 Å². The quantitative estimate of drug-likeness (QED) is 0.399. The van der Waals surface area contributed by atoms with Crippen molar-refractivity contribution in [1.82, 2.24) is 14.8 Å². The lowest BCUT2D eigenvalue weighted by Gasteiger charge is -2.18. The highest BCUT2D eigenvalue weighted by atomic mass is 35.5. The van der Waals surface area contributed by atoms with Gasteiger partial charge in [0.15, 0.2) is 0 Å². The van der Waals surface area contributed by atoms with Crippen molar-refractivity contribution < 1.29 is 21.6 Å². The lowest BCUT2D eigenvalue weighted by molar-refractivity contribution is -0.122. The fraction of sp³-hybridized carbons (Fsp3) is 0.533. The Bertz CT molecular complexity index is 831. The molecule has 0 aliphatic heterocycles. The molecule has 27 heavy (non-hydrogen) atoms. The van der Waals surface area contributed by atoms with Crippen LogP contribution in [-0.2, 0) is 24.8 Å². The Morgan fingerprint density at radius 2 is 1.93 bits per heavy atom. The number of carbonyl (C=O) groups is 1. The van der Waals surface area contributed by atoms with Crippen molar-refractivity contribution in [2.45, 2.75) is 24.3 Å². The first-order valence-corrected chi connectivity index (χ1v) is 13.0. The summed E-state index contributed by atoms with van der Waals surface area (Å²) < 4.78 is 52.5. The van der Waals surface area contributed by atoms with Crippen molar-refractivity contribution in [3.05, 3.63) is 29.3 Å². The third kappa shape index (κ3) is 8.79. The van der Waals surface area contributed by atoms with E-state index in [9.17, 15) is 21.6 Å². The lowest BCUT2D eigenvalue weighted by atomic mass is 10.2. The predicted molar refractivity (Wildman–Crippen MR) is 109 cm³/mol. The second-order valence-electron chi connectivity index (χ2n) is 5.50. The van der Waals surface area contributed by atoms with E-state index in [1.165, 1.54) is 36.9 Å². The number of hydrogen-bond donors (Lipinski definition) is 3. The van der Waals surface area contributed by atoms with E-state index in [1.54, 1.807) is 6.07 Å². The molecule has 0 spiro atoms. The number of hydrogen-bond acceptors (Lipinski definition) is 6. The number of sulfonamides is 2. The van der Waals surface area contributed by atoms with Crippen LogP contribution in [0.15, 0.2) is 29.2 Å². The highest BCUT2D eigenvalue weighted by molar-refractivity contribution is 7.98. The highest BCUT2D eigenvalue weighted by Gasteiger charge is 2.23. The van der Waals surface area contributed by atoms with Gasteiger partial charge in [-0.3, -0.25) is 4.79 Å². The standard InChI is InChI=1S/C15H24ClN3O5S3/c1-3-26(21,22)19-14(7-10-25-2)15(20)17-8-9-18-27(23,24)13-6-4-5-12(16)11-13/h4-6,11,14,18-19H,3,7-10H2,1-2H3,(H,17,20). The Balaban J connectivity index is 2.58. The zero-order valence-corrected chi connectivity index (χ0v) is 18.3. The van der Waals surface area contributed by atoms with E-state index < -0.39 is 32.0 Å². The maximum Gasteiger partial charge on any atom is 0.240 e. The number of nitrogens with one attached hydrogen (secondary N) is 3. The first-order chi connectivity index (χ1) is 12.6. The molecule has 3 N–H and O–H groups in total. The molecule has 1 unspecified atom stereocenters. The van der Waals surface area contributed by atoms with E-state index in [4.69, 9.17) is 11.6 Å². The van der Waals surface area contributed by atoms with Crippen LogP contribution in [-0.4, -0.2) is 59.6 Å². The van der Waals surface area contributed by atoms with Gasteiger partial charge in [-0.05, 0) is 43.6 Å². The zero-order valence-electron chi connectivity index (χ0n) is 15.1. The second-order valence-corrected chi connectivity index (χ2v) is 10.7. The third-order valence-corrected chi connectivity index (χ3v) is 7.19. The minimum atomic E-state index is -3.75. The summed E-state index contributed by atoms with van der Waals surface area (Å²) in [7, 11) is -7.28. The molecule has 0 heterocycles. The van der Waals surface area contributed by atoms with Crippen LogP contribution in [0.5, 0.6) is 0 Å². The fourth-order valence-corrected chi connectivity index (χ4v) is 4.62. The van der Waals surface area contributed by atoms with Gasteiger partial charge in [-0.1, -0.05) is 17.7 Å². The maximum absolute atomic E-state index is 12.2. The van der Waals surface area contributed by atoms with Crippen LogP contribution in [0.2, 0.25) is 5.02 Å². The lowest BCUT2D eigenvalue weighted by Crippen LogP contribution is -2.48. The van der Waals surface area contributed by atoms with E-state index in [0.717, 1.165) is 0 Å². The summed E-state index contributed by atoms with van der Waals surface area (Å²) in [6.45, 7) is 1.45. The molecule has 1 aromatic rings. The van der Waals surface area contributed by atoms with E-state index >= 15 is 0 Å². The molecule has 1 rings (SSSR count). The Hall–Kier alpha value is -0.850. The fourth-order valence-electron chi connectivity index (χ4n) is 1.99. The van der Waals surface area contributed by atoms with Crippen molar-refractivity contribution in [2.75, 3.05) is 30.9 Å². The molecule has 0 fully saturated rings. The normalized spacial score (nSPS) is 13.3. The summed E-state index contributed by atoms with van der Waals surface area (Å²) >= 11 is 7.28. The molecule has 0 aromatic heterocycles. The Labute approximate surface area is 169 Å². The highest BCUT2D eigenvalue weighted by Crippen LogP contribution is 2.14. The molecule has 1 amide bonds. The number of rotatable bonds is 12. The van der Waals surface area contributed by atoms with Crippen LogP contribution in [0.4, 0.5) is 0 Å². The predicted octanol–water partition coefficient (Wildman–Crippen LogP) is 0.796. The zero-order chi connectivity index (χ0) is 20.5. The molecule has 0 radical (unpaired) electrons. The second kappa shape index (κ2) is 11.2. The summed E-state index contributed by atoms with van der Waals surface area (Å²) in [6, 6.07) is 4.92. The molecule has 12 heteroatoms. The van der Waals surface area contributed by atoms with Gasteiger partial charge in [0.25, 0.3) is 0 Å². The van der Waals surface area contributed by atoms with Gasteiger partial charge in [0.2, 0.25) is 26.0 Å². The van der Waals surface area contributed by atoms with Gasteiger partial charge in [-0.25, -0.2) is 26.3 Å². The van der Waals surface area contributed by atoms with Gasteiger partial charge in [0.1, 0.15) is 6.04 Å². The summed E-state index contributed by atoms with van der Waals surface area (Å²) in [4.78, 5) is 12.3. The van der Waals surface area contributed by atoms with Crippen LogP contribution in [0.3, 0.4) is 0 Å². The average molecular weight is 458 g/mol. The Morgan fingerprint density at radius 3 is 2.52 bits per heavy atom.